The summed E-state index contributed by atoms with van der Waals surface area (Å²) in [6.07, 6.45) is 1.89. The van der Waals surface area contributed by atoms with Crippen LogP contribution in [0, 0.1) is 5.92 Å². The number of nitrogens with one attached hydrogen (secondary N) is 2. The summed E-state index contributed by atoms with van der Waals surface area (Å²) >= 11 is 0. The van der Waals surface area contributed by atoms with Crippen LogP contribution in [-0.4, -0.2) is 56.9 Å². The second kappa shape index (κ2) is 7.04. The molecule has 2 N–H and O–H groups in total. The smallest absolute Gasteiger partial charge is 0.410 e. The molecule has 124 valence electrons. The van der Waals surface area contributed by atoms with Gasteiger partial charge in [0.2, 0.25) is 0 Å². The topological polar surface area (TPSA) is 96.0 Å². The molecule has 2 rings (SSSR count). The van der Waals surface area contributed by atoms with E-state index in [0.717, 1.165) is 32.5 Å². The normalized spacial score (nSPS) is 20.7. The molecule has 0 spiro atoms. The SMILES string of the molecule is CC(NCC1CCCN(C(=O)OC(C)(C)C)C1)c1nn[nH]n1. The Balaban J connectivity index is 1.79. The molecule has 2 atom stereocenters. The highest BCUT2D eigenvalue weighted by atomic mass is 16.6. The van der Waals surface area contributed by atoms with E-state index in [2.05, 4.69) is 25.9 Å². The van der Waals surface area contributed by atoms with Crippen LogP contribution in [0.25, 0.3) is 0 Å². The number of rotatable bonds is 4. The van der Waals surface area contributed by atoms with Crippen molar-refractivity contribution in [2.75, 3.05) is 19.6 Å². The van der Waals surface area contributed by atoms with E-state index in [1.165, 1.54) is 0 Å². The Morgan fingerprint density at radius 2 is 2.32 bits per heavy atom. The summed E-state index contributed by atoms with van der Waals surface area (Å²) in [7, 11) is 0. The largest absolute Gasteiger partial charge is 0.444 e. The monoisotopic (exact) mass is 310 g/mol. The Labute approximate surface area is 131 Å². The number of carbonyl (C=O) groups excluding carboxylic acids is 1. The van der Waals surface area contributed by atoms with Gasteiger partial charge in [-0.3, -0.25) is 0 Å². The number of hydrogen-bond donors (Lipinski definition) is 2. The van der Waals surface area contributed by atoms with Gasteiger partial charge in [0.15, 0.2) is 5.82 Å². The summed E-state index contributed by atoms with van der Waals surface area (Å²) in [4.78, 5) is 13.9. The molecule has 2 unspecified atom stereocenters. The molecule has 8 nitrogen and oxygen atoms in total. The highest BCUT2D eigenvalue weighted by molar-refractivity contribution is 5.68. The van der Waals surface area contributed by atoms with Gasteiger partial charge in [-0.05, 0) is 46.5 Å². The van der Waals surface area contributed by atoms with E-state index in [1.807, 2.05) is 27.7 Å². The number of carbonyl (C=O) groups is 1. The second-order valence-electron chi connectivity index (χ2n) is 6.83. The van der Waals surface area contributed by atoms with Crippen LogP contribution in [-0.2, 0) is 4.74 Å². The van der Waals surface area contributed by atoms with Crippen LogP contribution >= 0.6 is 0 Å². The van der Waals surface area contributed by atoms with Gasteiger partial charge in [-0.1, -0.05) is 5.21 Å². The average Bonchev–Trinajstić information content (AvgIpc) is 2.97. The molecule has 1 aliphatic heterocycles. The summed E-state index contributed by atoms with van der Waals surface area (Å²) < 4.78 is 5.44. The van der Waals surface area contributed by atoms with Crippen molar-refractivity contribution in [3.05, 3.63) is 5.82 Å². The van der Waals surface area contributed by atoms with Crippen LogP contribution in [0.3, 0.4) is 0 Å². The lowest BCUT2D eigenvalue weighted by molar-refractivity contribution is 0.0165. The number of aromatic nitrogens is 4. The molecule has 0 bridgehead atoms. The van der Waals surface area contributed by atoms with Crippen molar-refractivity contribution < 1.29 is 9.53 Å². The standard InChI is InChI=1S/C14H26N6O2/c1-10(12-16-18-19-17-12)15-8-11-6-5-7-20(9-11)13(21)22-14(2,3)4/h10-11,15H,5-9H2,1-4H3,(H,16,17,18,19). The molecule has 0 aromatic carbocycles. The molecule has 1 amide bonds. The second-order valence-corrected chi connectivity index (χ2v) is 6.83. The molecule has 2 heterocycles. The van der Waals surface area contributed by atoms with E-state index in [0.29, 0.717) is 11.7 Å². The van der Waals surface area contributed by atoms with Crippen molar-refractivity contribution >= 4 is 6.09 Å². The van der Waals surface area contributed by atoms with Crippen molar-refractivity contribution in [1.29, 1.82) is 0 Å². The summed E-state index contributed by atoms with van der Waals surface area (Å²) in [5, 5.41) is 17.4. The van der Waals surface area contributed by atoms with Crippen LogP contribution < -0.4 is 5.32 Å². The van der Waals surface area contributed by atoms with Crippen molar-refractivity contribution in [2.45, 2.75) is 52.2 Å². The average molecular weight is 310 g/mol. The molecule has 8 heteroatoms. The number of hydrogen-bond acceptors (Lipinski definition) is 6. The lowest BCUT2D eigenvalue weighted by atomic mass is 9.98. The minimum atomic E-state index is -0.449. The minimum Gasteiger partial charge on any atom is -0.444 e. The van der Waals surface area contributed by atoms with Gasteiger partial charge in [-0.2, -0.15) is 5.21 Å². The molecule has 1 aliphatic rings. The number of nitrogens with zero attached hydrogens (tertiary/aromatic N) is 4. The maximum absolute atomic E-state index is 12.1. The number of ether oxygens (including phenoxy) is 1. The van der Waals surface area contributed by atoms with E-state index >= 15 is 0 Å². The van der Waals surface area contributed by atoms with E-state index in [9.17, 15) is 4.79 Å². The fraction of sp³-hybridized carbons (Fsp3) is 0.857. The summed E-state index contributed by atoms with van der Waals surface area (Å²) in [5.74, 6) is 1.07. The van der Waals surface area contributed by atoms with E-state index in [1.54, 1.807) is 4.90 Å². The van der Waals surface area contributed by atoms with Crippen LogP contribution in [0.2, 0.25) is 0 Å². The number of tetrazole rings is 1. The minimum absolute atomic E-state index is 0.0376. The van der Waals surface area contributed by atoms with Crippen LogP contribution in [0.5, 0.6) is 0 Å². The number of amides is 1. The van der Waals surface area contributed by atoms with Gasteiger partial charge in [-0.25, -0.2) is 4.79 Å². The first kappa shape index (κ1) is 16.7. The lowest BCUT2D eigenvalue weighted by Gasteiger charge is -2.34. The molecular weight excluding hydrogens is 284 g/mol. The third-order valence-corrected chi connectivity index (χ3v) is 3.63. The quantitative estimate of drug-likeness (QED) is 0.875. The van der Waals surface area contributed by atoms with Crippen molar-refractivity contribution in [2.24, 2.45) is 5.92 Å². The van der Waals surface area contributed by atoms with Crippen molar-refractivity contribution in [1.82, 2.24) is 30.8 Å². The Morgan fingerprint density at radius 1 is 1.55 bits per heavy atom. The maximum Gasteiger partial charge on any atom is 0.410 e. The zero-order chi connectivity index (χ0) is 16.2. The highest BCUT2D eigenvalue weighted by Gasteiger charge is 2.27. The van der Waals surface area contributed by atoms with Gasteiger partial charge >= 0.3 is 6.09 Å². The summed E-state index contributed by atoms with van der Waals surface area (Å²) in [6.45, 7) is 9.97. The van der Waals surface area contributed by atoms with Crippen LogP contribution in [0.1, 0.15) is 52.4 Å². The predicted octanol–water partition coefficient (Wildman–Crippen LogP) is 1.50. The Bertz CT molecular complexity index is 470. The summed E-state index contributed by atoms with van der Waals surface area (Å²) in [6, 6.07) is 0.0376. The molecular formula is C14H26N6O2. The summed E-state index contributed by atoms with van der Waals surface area (Å²) in [5.41, 5.74) is -0.449. The van der Waals surface area contributed by atoms with Crippen LogP contribution in [0.4, 0.5) is 4.79 Å². The predicted molar refractivity (Wildman–Crippen MR) is 81.1 cm³/mol. The van der Waals surface area contributed by atoms with Crippen molar-refractivity contribution in [3.8, 4) is 0 Å². The van der Waals surface area contributed by atoms with E-state index < -0.39 is 5.60 Å². The third kappa shape index (κ3) is 4.94. The van der Waals surface area contributed by atoms with Gasteiger partial charge in [0.05, 0.1) is 6.04 Å². The Kier molecular flexibility index (Phi) is 5.33. The lowest BCUT2D eigenvalue weighted by Crippen LogP contribution is -2.45. The molecule has 1 fully saturated rings. The molecule has 0 radical (unpaired) electrons. The molecule has 1 aromatic heterocycles. The van der Waals surface area contributed by atoms with Gasteiger partial charge in [0.1, 0.15) is 5.60 Å². The van der Waals surface area contributed by atoms with Gasteiger partial charge in [0.25, 0.3) is 0 Å². The highest BCUT2D eigenvalue weighted by Crippen LogP contribution is 2.19. The van der Waals surface area contributed by atoms with E-state index in [-0.39, 0.29) is 12.1 Å². The molecule has 1 saturated heterocycles. The maximum atomic E-state index is 12.1. The Morgan fingerprint density at radius 3 is 2.95 bits per heavy atom. The first-order valence-electron chi connectivity index (χ1n) is 7.80. The van der Waals surface area contributed by atoms with Gasteiger partial charge in [0, 0.05) is 19.6 Å². The fourth-order valence-electron chi connectivity index (χ4n) is 2.51. The number of aromatic amines is 1. The van der Waals surface area contributed by atoms with E-state index in [4.69, 9.17) is 4.74 Å². The number of piperidine rings is 1. The molecule has 22 heavy (non-hydrogen) atoms. The number of likely N-dealkylation sites (tertiary alicyclic amines) is 1. The fourth-order valence-corrected chi connectivity index (χ4v) is 2.51. The van der Waals surface area contributed by atoms with Crippen LogP contribution in [0.15, 0.2) is 0 Å². The Hall–Kier alpha value is -1.70. The molecule has 0 aliphatic carbocycles. The molecule has 0 saturated carbocycles. The zero-order valence-electron chi connectivity index (χ0n) is 13.8. The van der Waals surface area contributed by atoms with Gasteiger partial charge in [-0.15, -0.1) is 10.2 Å². The number of H-pyrrole nitrogens is 1. The third-order valence-electron chi connectivity index (χ3n) is 3.63. The first-order chi connectivity index (χ1) is 10.3. The van der Waals surface area contributed by atoms with Crippen molar-refractivity contribution in [3.63, 3.8) is 0 Å². The first-order valence-corrected chi connectivity index (χ1v) is 7.80. The molecule has 1 aromatic rings. The zero-order valence-corrected chi connectivity index (χ0v) is 13.8. The van der Waals surface area contributed by atoms with Gasteiger partial charge < -0.3 is 15.0 Å².